The Labute approximate surface area is 196 Å². The van der Waals surface area contributed by atoms with Gasteiger partial charge in [-0.25, -0.2) is 13.2 Å². The zero-order valence-electron chi connectivity index (χ0n) is 18.7. The highest BCUT2D eigenvalue weighted by Gasteiger charge is 2.33. The van der Waals surface area contributed by atoms with Crippen LogP contribution in [0.15, 0.2) is 80.8 Å². The molecule has 0 bridgehead atoms. The first kappa shape index (κ1) is 22.9. The SMILES string of the molecule is Cc1ccccc1C(=O)N(c1ccc2oc(=O)sc2c1)S(=O)(=O)c1ccc(C(C)(C)C)cc1. The monoisotopic (exact) mass is 481 g/mol. The molecule has 0 unspecified atom stereocenters. The molecule has 1 aromatic heterocycles. The van der Waals surface area contributed by atoms with Crippen molar-refractivity contribution >= 4 is 43.2 Å². The van der Waals surface area contributed by atoms with Crippen LogP contribution < -0.4 is 9.24 Å². The van der Waals surface area contributed by atoms with Crippen molar-refractivity contribution in [3.05, 3.63) is 93.2 Å². The second-order valence-electron chi connectivity index (χ2n) is 8.75. The van der Waals surface area contributed by atoms with E-state index in [0.29, 0.717) is 15.8 Å². The largest absolute Gasteiger partial charge is 0.414 e. The highest BCUT2D eigenvalue weighted by Crippen LogP contribution is 2.31. The first-order valence-electron chi connectivity index (χ1n) is 10.3. The van der Waals surface area contributed by atoms with Crippen LogP contribution in [0.3, 0.4) is 0 Å². The molecule has 4 aromatic rings. The van der Waals surface area contributed by atoms with E-state index in [4.69, 9.17) is 4.42 Å². The number of hydrogen-bond acceptors (Lipinski definition) is 6. The second-order valence-corrected chi connectivity index (χ2v) is 11.5. The molecule has 170 valence electrons. The number of rotatable bonds is 4. The van der Waals surface area contributed by atoms with Crippen LogP contribution in [0.2, 0.25) is 0 Å². The van der Waals surface area contributed by atoms with Gasteiger partial charge in [0.05, 0.1) is 15.3 Å². The van der Waals surface area contributed by atoms with E-state index in [9.17, 15) is 18.0 Å². The summed E-state index contributed by atoms with van der Waals surface area (Å²) in [7, 11) is -4.26. The maximum atomic E-state index is 13.8. The number of aryl methyl sites for hydroxylation is 1. The fourth-order valence-electron chi connectivity index (χ4n) is 3.51. The van der Waals surface area contributed by atoms with Crippen LogP contribution >= 0.6 is 11.3 Å². The van der Waals surface area contributed by atoms with Gasteiger partial charge in [0.15, 0.2) is 0 Å². The van der Waals surface area contributed by atoms with Crippen molar-refractivity contribution in [3.63, 3.8) is 0 Å². The van der Waals surface area contributed by atoms with Gasteiger partial charge < -0.3 is 4.42 Å². The van der Waals surface area contributed by atoms with E-state index in [-0.39, 0.29) is 21.6 Å². The molecular weight excluding hydrogens is 458 g/mol. The molecule has 0 saturated carbocycles. The van der Waals surface area contributed by atoms with Crippen molar-refractivity contribution in [2.45, 2.75) is 38.0 Å². The Morgan fingerprint density at radius 2 is 1.64 bits per heavy atom. The minimum Gasteiger partial charge on any atom is -0.414 e. The standard InChI is InChI=1S/C25H23NO5S2/c1-16-7-5-6-8-20(16)23(27)26(18-11-14-21-22(15-18)32-24(28)31-21)33(29,30)19-12-9-17(10-13-19)25(2,3)4/h5-15H,1-4H3. The van der Waals surface area contributed by atoms with Crippen LogP contribution in [-0.4, -0.2) is 14.3 Å². The Bertz CT molecular complexity index is 1510. The number of carbonyl (C=O) groups is 1. The van der Waals surface area contributed by atoms with Crippen molar-refractivity contribution in [2.24, 2.45) is 0 Å². The Kier molecular flexibility index (Phi) is 5.76. The van der Waals surface area contributed by atoms with Crippen molar-refractivity contribution < 1.29 is 17.6 Å². The molecule has 1 heterocycles. The molecule has 0 aliphatic heterocycles. The Balaban J connectivity index is 1.90. The molecule has 0 radical (unpaired) electrons. The zero-order chi connectivity index (χ0) is 24.0. The van der Waals surface area contributed by atoms with Gasteiger partial charge in [-0.15, -0.1) is 0 Å². The molecule has 0 aliphatic carbocycles. The van der Waals surface area contributed by atoms with Crippen LogP contribution in [0.25, 0.3) is 10.3 Å². The zero-order valence-corrected chi connectivity index (χ0v) is 20.3. The summed E-state index contributed by atoms with van der Waals surface area (Å²) in [5.74, 6) is -0.678. The van der Waals surface area contributed by atoms with Crippen LogP contribution in [0.1, 0.15) is 42.3 Å². The predicted octanol–water partition coefficient (Wildman–Crippen LogP) is 5.50. The average molecular weight is 482 g/mol. The Morgan fingerprint density at radius 1 is 0.970 bits per heavy atom. The number of benzene rings is 3. The predicted molar refractivity (Wildman–Crippen MR) is 131 cm³/mol. The molecular formula is C25H23NO5S2. The summed E-state index contributed by atoms with van der Waals surface area (Å²) in [4.78, 5) is 24.8. The number of anilines is 1. The number of carbonyl (C=O) groups excluding carboxylic acids is 1. The maximum absolute atomic E-state index is 13.8. The van der Waals surface area contributed by atoms with Gasteiger partial charge in [0.2, 0.25) is 0 Å². The molecule has 4 rings (SSSR count). The highest BCUT2D eigenvalue weighted by atomic mass is 32.2. The van der Waals surface area contributed by atoms with E-state index in [1.807, 2.05) is 20.8 Å². The summed E-state index contributed by atoms with van der Waals surface area (Å²) in [5, 5.41) is 0. The Morgan fingerprint density at radius 3 is 2.27 bits per heavy atom. The smallest absolute Gasteiger partial charge is 0.396 e. The van der Waals surface area contributed by atoms with Crippen LogP contribution in [0.4, 0.5) is 5.69 Å². The second kappa shape index (κ2) is 8.28. The van der Waals surface area contributed by atoms with Crippen molar-refractivity contribution in [1.82, 2.24) is 0 Å². The van der Waals surface area contributed by atoms with Gasteiger partial charge in [0.25, 0.3) is 15.9 Å². The third-order valence-corrected chi connectivity index (χ3v) is 7.88. The minimum absolute atomic E-state index is 0.00193. The number of hydrogen-bond donors (Lipinski definition) is 0. The lowest BCUT2D eigenvalue weighted by atomic mass is 9.87. The van der Waals surface area contributed by atoms with E-state index < -0.39 is 20.9 Å². The van der Waals surface area contributed by atoms with Crippen LogP contribution in [0.5, 0.6) is 0 Å². The van der Waals surface area contributed by atoms with Crippen LogP contribution in [0, 0.1) is 6.92 Å². The van der Waals surface area contributed by atoms with Gasteiger partial charge >= 0.3 is 4.94 Å². The fourth-order valence-corrected chi connectivity index (χ4v) is 5.61. The van der Waals surface area contributed by atoms with E-state index in [1.165, 1.54) is 30.3 Å². The van der Waals surface area contributed by atoms with Gasteiger partial charge in [-0.1, -0.05) is 62.4 Å². The van der Waals surface area contributed by atoms with Gasteiger partial charge in [-0.3, -0.25) is 4.79 Å². The number of amides is 1. The van der Waals surface area contributed by atoms with Crippen molar-refractivity contribution in [1.29, 1.82) is 0 Å². The van der Waals surface area contributed by atoms with E-state index in [0.717, 1.165) is 21.2 Å². The van der Waals surface area contributed by atoms with Gasteiger partial charge in [-0.05, 0) is 59.9 Å². The first-order valence-corrected chi connectivity index (χ1v) is 12.5. The Hall–Kier alpha value is -3.23. The molecule has 1 amide bonds. The average Bonchev–Trinajstić information content (AvgIpc) is 3.13. The minimum atomic E-state index is -4.26. The molecule has 0 fully saturated rings. The van der Waals surface area contributed by atoms with Crippen molar-refractivity contribution in [2.75, 3.05) is 4.31 Å². The summed E-state index contributed by atoms with van der Waals surface area (Å²) < 4.78 is 33.9. The normalized spacial score (nSPS) is 12.1. The lowest BCUT2D eigenvalue weighted by molar-refractivity contribution is 0.100. The summed E-state index contributed by atoms with van der Waals surface area (Å²) >= 11 is 0.850. The number of fused-ring (bicyclic) bond motifs is 1. The quantitative estimate of drug-likeness (QED) is 0.384. The molecule has 33 heavy (non-hydrogen) atoms. The topological polar surface area (TPSA) is 84.7 Å². The molecule has 6 nitrogen and oxygen atoms in total. The summed E-state index contributed by atoms with van der Waals surface area (Å²) in [6.07, 6.45) is 0. The fraction of sp³-hybridized carbons (Fsp3) is 0.200. The summed E-state index contributed by atoms with van der Waals surface area (Å²) in [6.45, 7) is 7.86. The molecule has 0 N–H and O–H groups in total. The van der Waals surface area contributed by atoms with Gasteiger partial charge in [-0.2, -0.15) is 4.31 Å². The molecule has 8 heteroatoms. The van der Waals surface area contributed by atoms with Gasteiger partial charge in [0.1, 0.15) is 5.58 Å². The third kappa shape index (κ3) is 4.36. The molecule has 0 spiro atoms. The lowest BCUT2D eigenvalue weighted by Crippen LogP contribution is -2.37. The van der Waals surface area contributed by atoms with Crippen LogP contribution in [-0.2, 0) is 15.4 Å². The van der Waals surface area contributed by atoms with E-state index >= 15 is 0 Å². The summed E-state index contributed by atoms with van der Waals surface area (Å²) in [6, 6.07) is 17.8. The molecule has 0 saturated heterocycles. The summed E-state index contributed by atoms with van der Waals surface area (Å²) in [5.41, 5.74) is 2.22. The number of nitrogens with zero attached hydrogens (tertiary/aromatic N) is 1. The third-order valence-electron chi connectivity index (χ3n) is 5.37. The van der Waals surface area contributed by atoms with Crippen molar-refractivity contribution in [3.8, 4) is 0 Å². The first-order chi connectivity index (χ1) is 15.5. The number of sulfonamides is 1. The van der Waals surface area contributed by atoms with E-state index in [2.05, 4.69) is 0 Å². The van der Waals surface area contributed by atoms with E-state index in [1.54, 1.807) is 43.3 Å². The highest BCUT2D eigenvalue weighted by molar-refractivity contribution is 7.93. The maximum Gasteiger partial charge on any atom is 0.396 e. The molecule has 0 aliphatic rings. The molecule has 3 aromatic carbocycles. The van der Waals surface area contributed by atoms with Gasteiger partial charge in [0, 0.05) is 5.56 Å². The lowest BCUT2D eigenvalue weighted by Gasteiger charge is -2.24. The molecule has 0 atom stereocenters.